The van der Waals surface area contributed by atoms with E-state index in [1.165, 1.54) is 0 Å². The molecule has 2 heterocycles. The molecule has 0 unspecified atom stereocenters. The van der Waals surface area contributed by atoms with Crippen LogP contribution < -0.4 is 5.32 Å². The van der Waals surface area contributed by atoms with Crippen molar-refractivity contribution in [2.24, 2.45) is 0 Å². The lowest BCUT2D eigenvalue weighted by molar-refractivity contribution is 0.240. The number of anilines is 1. The number of nitrogens with zero attached hydrogens (tertiary/aromatic N) is 3. The van der Waals surface area contributed by atoms with Gasteiger partial charge in [0.2, 0.25) is 0 Å². The van der Waals surface area contributed by atoms with Crippen LogP contribution in [0.25, 0.3) is 11.0 Å². The third-order valence-electron chi connectivity index (χ3n) is 4.06. The Labute approximate surface area is 125 Å². The van der Waals surface area contributed by atoms with E-state index in [-0.39, 0.29) is 0 Å². The molecule has 4 heteroatoms. The number of hydrogen-bond acceptors (Lipinski definition) is 4. The average molecular weight is 282 g/mol. The summed E-state index contributed by atoms with van der Waals surface area (Å²) >= 11 is 0. The highest BCUT2D eigenvalue weighted by molar-refractivity contribution is 5.76. The van der Waals surface area contributed by atoms with Crippen LogP contribution in [-0.2, 0) is 0 Å². The predicted molar refractivity (Wildman–Crippen MR) is 87.6 cm³/mol. The maximum atomic E-state index is 4.72. The Hall–Kier alpha value is -1.94. The number of para-hydroxylation sites is 2. The molecule has 0 radical (unpaired) electrons. The van der Waals surface area contributed by atoms with Crippen LogP contribution in [0.3, 0.4) is 0 Å². The molecule has 0 atom stereocenters. The van der Waals surface area contributed by atoms with E-state index in [0.717, 1.165) is 55.0 Å². The first kappa shape index (κ1) is 14.0. The lowest BCUT2D eigenvalue weighted by Crippen LogP contribution is -2.39. The zero-order valence-electron chi connectivity index (χ0n) is 12.5. The highest BCUT2D eigenvalue weighted by Crippen LogP contribution is 2.20. The van der Waals surface area contributed by atoms with Crippen molar-refractivity contribution < 1.29 is 0 Å². The van der Waals surface area contributed by atoms with Crippen molar-refractivity contribution in [1.82, 2.24) is 14.9 Å². The molecule has 1 saturated heterocycles. The smallest absolute Gasteiger partial charge is 0.148 e. The van der Waals surface area contributed by atoms with Crippen LogP contribution in [0.5, 0.6) is 0 Å². The van der Waals surface area contributed by atoms with Crippen molar-refractivity contribution in [1.29, 1.82) is 0 Å². The lowest BCUT2D eigenvalue weighted by Gasteiger charge is -2.32. The molecule has 1 aromatic heterocycles. The molecule has 21 heavy (non-hydrogen) atoms. The van der Waals surface area contributed by atoms with Crippen LogP contribution in [0, 0.1) is 6.92 Å². The number of likely N-dealkylation sites (tertiary alicyclic amines) is 1. The van der Waals surface area contributed by atoms with Crippen LogP contribution in [0.4, 0.5) is 5.82 Å². The van der Waals surface area contributed by atoms with Crippen molar-refractivity contribution in [3.8, 4) is 0 Å². The van der Waals surface area contributed by atoms with E-state index in [2.05, 4.69) is 21.8 Å². The van der Waals surface area contributed by atoms with Gasteiger partial charge < -0.3 is 5.32 Å². The first-order chi connectivity index (χ1) is 10.3. The van der Waals surface area contributed by atoms with Crippen molar-refractivity contribution in [3.05, 3.63) is 42.6 Å². The largest absolute Gasteiger partial charge is 0.366 e. The SMILES string of the molecule is C=CCN1CCC(Nc2nc3ccccc3nc2C)CC1. The summed E-state index contributed by atoms with van der Waals surface area (Å²) < 4.78 is 0. The van der Waals surface area contributed by atoms with Gasteiger partial charge in [0.05, 0.1) is 16.7 Å². The summed E-state index contributed by atoms with van der Waals surface area (Å²) in [5, 5.41) is 3.58. The Balaban J connectivity index is 1.70. The number of rotatable bonds is 4. The van der Waals surface area contributed by atoms with E-state index >= 15 is 0 Å². The zero-order chi connectivity index (χ0) is 14.7. The third-order valence-corrected chi connectivity index (χ3v) is 4.06. The predicted octanol–water partition coefficient (Wildman–Crippen LogP) is 3.00. The van der Waals surface area contributed by atoms with Crippen LogP contribution in [0.1, 0.15) is 18.5 Å². The Bertz CT molecular complexity index is 630. The van der Waals surface area contributed by atoms with E-state index in [4.69, 9.17) is 4.98 Å². The highest BCUT2D eigenvalue weighted by Gasteiger charge is 2.19. The van der Waals surface area contributed by atoms with Crippen molar-refractivity contribution >= 4 is 16.9 Å². The summed E-state index contributed by atoms with van der Waals surface area (Å²) in [6.07, 6.45) is 4.26. The number of fused-ring (bicyclic) bond motifs is 1. The molecule has 0 amide bonds. The minimum atomic E-state index is 0.486. The average Bonchev–Trinajstić information content (AvgIpc) is 2.50. The first-order valence-corrected chi connectivity index (χ1v) is 7.59. The van der Waals surface area contributed by atoms with Crippen molar-refractivity contribution in [3.63, 3.8) is 0 Å². The molecule has 1 N–H and O–H groups in total. The minimum absolute atomic E-state index is 0.486. The summed E-state index contributed by atoms with van der Waals surface area (Å²) in [5.41, 5.74) is 2.89. The van der Waals surface area contributed by atoms with Gasteiger partial charge in [-0.15, -0.1) is 6.58 Å². The molecule has 2 aromatic rings. The Kier molecular flexibility index (Phi) is 4.15. The second-order valence-corrected chi connectivity index (χ2v) is 5.65. The molecular formula is C17H22N4. The fourth-order valence-corrected chi connectivity index (χ4v) is 2.86. The van der Waals surface area contributed by atoms with Gasteiger partial charge >= 0.3 is 0 Å². The lowest BCUT2D eigenvalue weighted by atomic mass is 10.0. The monoisotopic (exact) mass is 282 g/mol. The van der Waals surface area contributed by atoms with Gasteiger partial charge in [0.1, 0.15) is 5.82 Å². The number of piperidine rings is 1. The maximum absolute atomic E-state index is 4.72. The summed E-state index contributed by atoms with van der Waals surface area (Å²) in [4.78, 5) is 11.8. The van der Waals surface area contributed by atoms with Gasteiger partial charge in [-0.05, 0) is 31.9 Å². The molecular weight excluding hydrogens is 260 g/mol. The first-order valence-electron chi connectivity index (χ1n) is 7.59. The summed E-state index contributed by atoms with van der Waals surface area (Å²) in [6.45, 7) is 9.05. The van der Waals surface area contributed by atoms with Crippen LogP contribution in [-0.4, -0.2) is 40.5 Å². The number of aryl methyl sites for hydroxylation is 1. The molecule has 1 aliphatic heterocycles. The van der Waals surface area contributed by atoms with Gasteiger partial charge in [-0.1, -0.05) is 18.2 Å². The molecule has 0 bridgehead atoms. The standard InChI is InChI=1S/C17H22N4/c1-3-10-21-11-8-14(9-12-21)19-17-13(2)18-15-6-4-5-7-16(15)20-17/h3-7,14H,1,8-12H2,2H3,(H,19,20). The molecule has 110 valence electrons. The third kappa shape index (κ3) is 3.22. The van der Waals surface area contributed by atoms with Gasteiger partial charge in [0.15, 0.2) is 0 Å². The summed E-state index contributed by atoms with van der Waals surface area (Å²) in [7, 11) is 0. The second-order valence-electron chi connectivity index (χ2n) is 5.65. The number of nitrogens with one attached hydrogen (secondary N) is 1. The van der Waals surface area contributed by atoms with E-state index < -0.39 is 0 Å². The summed E-state index contributed by atoms with van der Waals surface area (Å²) in [6, 6.07) is 8.51. The topological polar surface area (TPSA) is 41.0 Å². The van der Waals surface area contributed by atoms with E-state index in [0.29, 0.717) is 6.04 Å². The molecule has 4 nitrogen and oxygen atoms in total. The maximum Gasteiger partial charge on any atom is 0.148 e. The van der Waals surface area contributed by atoms with E-state index in [1.54, 1.807) is 0 Å². The van der Waals surface area contributed by atoms with Crippen LogP contribution in [0.15, 0.2) is 36.9 Å². The highest BCUT2D eigenvalue weighted by atomic mass is 15.1. The van der Waals surface area contributed by atoms with Crippen LogP contribution in [0.2, 0.25) is 0 Å². The number of hydrogen-bond donors (Lipinski definition) is 1. The molecule has 0 saturated carbocycles. The number of aromatic nitrogens is 2. The van der Waals surface area contributed by atoms with Gasteiger partial charge in [0.25, 0.3) is 0 Å². The minimum Gasteiger partial charge on any atom is -0.366 e. The fraction of sp³-hybridized carbons (Fsp3) is 0.412. The summed E-state index contributed by atoms with van der Waals surface area (Å²) in [5.74, 6) is 0.927. The van der Waals surface area contributed by atoms with E-state index in [1.807, 2.05) is 37.3 Å². The normalized spacial score (nSPS) is 17.0. The molecule has 1 fully saturated rings. The quantitative estimate of drug-likeness (QED) is 0.875. The molecule has 3 rings (SSSR count). The second kappa shape index (κ2) is 6.22. The van der Waals surface area contributed by atoms with Gasteiger partial charge in [-0.25, -0.2) is 9.97 Å². The Morgan fingerprint density at radius 1 is 1.24 bits per heavy atom. The van der Waals surface area contributed by atoms with Crippen molar-refractivity contribution in [2.45, 2.75) is 25.8 Å². The Morgan fingerprint density at radius 3 is 2.57 bits per heavy atom. The fourth-order valence-electron chi connectivity index (χ4n) is 2.86. The Morgan fingerprint density at radius 2 is 1.90 bits per heavy atom. The van der Waals surface area contributed by atoms with Crippen molar-refractivity contribution in [2.75, 3.05) is 25.0 Å². The van der Waals surface area contributed by atoms with E-state index in [9.17, 15) is 0 Å². The van der Waals surface area contributed by atoms with Gasteiger partial charge in [0, 0.05) is 25.7 Å². The zero-order valence-corrected chi connectivity index (χ0v) is 12.5. The molecule has 0 spiro atoms. The molecule has 1 aliphatic rings. The molecule has 0 aliphatic carbocycles. The van der Waals surface area contributed by atoms with Crippen LogP contribution >= 0.6 is 0 Å². The van der Waals surface area contributed by atoms with Gasteiger partial charge in [-0.2, -0.15) is 0 Å². The molecule has 1 aromatic carbocycles. The number of benzene rings is 1. The van der Waals surface area contributed by atoms with Gasteiger partial charge in [-0.3, -0.25) is 4.90 Å².